The summed E-state index contributed by atoms with van der Waals surface area (Å²) < 4.78 is 40.5. The number of nitrogens with zero attached hydrogens (tertiary/aromatic N) is 4. The van der Waals surface area contributed by atoms with Gasteiger partial charge in [-0.05, 0) is 72.6 Å². The molecule has 0 aromatic carbocycles. The molecule has 3 aromatic heterocycles. The van der Waals surface area contributed by atoms with Gasteiger partial charge in [0.15, 0.2) is 5.82 Å². The highest BCUT2D eigenvalue weighted by molar-refractivity contribution is 7.19. The number of pyridine rings is 1. The van der Waals surface area contributed by atoms with Crippen LogP contribution >= 0.6 is 22.9 Å². The van der Waals surface area contributed by atoms with E-state index in [1.807, 2.05) is 13.8 Å². The van der Waals surface area contributed by atoms with Gasteiger partial charge in [0.1, 0.15) is 22.8 Å². The van der Waals surface area contributed by atoms with Gasteiger partial charge in [-0.1, -0.05) is 0 Å². The Balaban J connectivity index is 2.05. The number of thiophene rings is 1. The van der Waals surface area contributed by atoms with Crippen molar-refractivity contribution in [3.05, 3.63) is 45.3 Å². The Bertz CT molecular complexity index is 1370. The first-order valence-electron chi connectivity index (χ1n) is 12.2. The number of halogens is 3. The minimum atomic E-state index is -0.926. The Labute approximate surface area is 234 Å². The van der Waals surface area contributed by atoms with Crippen LogP contribution in [-0.2, 0) is 22.4 Å². The van der Waals surface area contributed by atoms with Crippen LogP contribution in [0.3, 0.4) is 0 Å². The Hall–Kier alpha value is -3.12. The summed E-state index contributed by atoms with van der Waals surface area (Å²) in [6, 6.07) is -0.305. The van der Waals surface area contributed by atoms with Crippen LogP contribution in [0.2, 0.25) is 5.28 Å². The molecule has 3 aromatic rings. The van der Waals surface area contributed by atoms with Gasteiger partial charge in [0.25, 0.3) is 0 Å². The van der Waals surface area contributed by atoms with Crippen molar-refractivity contribution in [2.75, 3.05) is 4.90 Å². The lowest BCUT2D eigenvalue weighted by atomic mass is 10.1. The number of hydrogen-bond donors (Lipinski definition) is 1. The van der Waals surface area contributed by atoms with Crippen LogP contribution in [0.15, 0.2) is 12.4 Å². The van der Waals surface area contributed by atoms with Crippen LogP contribution in [0, 0.1) is 18.6 Å². The number of alkyl carbamates (subject to hydrolysis) is 1. The van der Waals surface area contributed by atoms with E-state index < -0.39 is 41.6 Å². The van der Waals surface area contributed by atoms with Crippen molar-refractivity contribution >= 4 is 51.2 Å². The molecule has 1 N–H and O–H groups in total. The molecule has 3 rings (SSSR count). The average molecular weight is 584 g/mol. The summed E-state index contributed by atoms with van der Waals surface area (Å²) in [5.74, 6) is -1.81. The number of amides is 2. The molecule has 0 radical (unpaired) electrons. The lowest BCUT2D eigenvalue weighted by Gasteiger charge is -2.27. The second kappa shape index (κ2) is 11.5. The van der Waals surface area contributed by atoms with Gasteiger partial charge in [0, 0.05) is 22.9 Å². The van der Waals surface area contributed by atoms with Crippen LogP contribution in [0.5, 0.6) is 0 Å². The fourth-order valence-corrected chi connectivity index (χ4v) is 5.13. The number of hydrogen-bond acceptors (Lipinski definition) is 8. The molecule has 39 heavy (non-hydrogen) atoms. The summed E-state index contributed by atoms with van der Waals surface area (Å²) >= 11 is 7.55. The number of anilines is 1. The highest BCUT2D eigenvalue weighted by Crippen LogP contribution is 2.38. The van der Waals surface area contributed by atoms with E-state index in [0.717, 1.165) is 27.7 Å². The summed E-state index contributed by atoms with van der Waals surface area (Å²) in [6.07, 6.45) is 0.724. The van der Waals surface area contributed by atoms with E-state index in [9.17, 15) is 18.4 Å². The third-order valence-corrected chi connectivity index (χ3v) is 6.68. The molecule has 0 bridgehead atoms. The average Bonchev–Trinajstić information content (AvgIpc) is 3.05. The Morgan fingerprint density at radius 3 is 2.23 bits per heavy atom. The van der Waals surface area contributed by atoms with E-state index in [1.54, 1.807) is 41.5 Å². The molecule has 3 heterocycles. The van der Waals surface area contributed by atoms with E-state index in [0.29, 0.717) is 16.6 Å². The molecule has 0 saturated carbocycles. The largest absolute Gasteiger partial charge is 0.444 e. The predicted molar refractivity (Wildman–Crippen MR) is 146 cm³/mol. The molecule has 0 aliphatic carbocycles. The topological polar surface area (TPSA) is 107 Å². The Kier molecular flexibility index (Phi) is 9.01. The first-order valence-corrected chi connectivity index (χ1v) is 13.4. The number of fused-ring (bicyclic) bond motifs is 1. The minimum absolute atomic E-state index is 0.0435. The second-order valence-corrected chi connectivity index (χ2v) is 12.5. The maximum Gasteiger partial charge on any atom is 0.416 e. The monoisotopic (exact) mass is 583 g/mol. The van der Waals surface area contributed by atoms with Crippen molar-refractivity contribution in [1.29, 1.82) is 0 Å². The van der Waals surface area contributed by atoms with Crippen LogP contribution < -0.4 is 10.2 Å². The van der Waals surface area contributed by atoms with E-state index in [-0.39, 0.29) is 22.7 Å². The van der Waals surface area contributed by atoms with Gasteiger partial charge in [-0.3, -0.25) is 9.88 Å². The van der Waals surface area contributed by atoms with Gasteiger partial charge in [-0.2, -0.15) is 4.98 Å². The number of aryl methyl sites for hydroxylation is 1. The van der Waals surface area contributed by atoms with Gasteiger partial charge in [-0.15, -0.1) is 11.3 Å². The normalized spacial score (nSPS) is 12.8. The highest BCUT2D eigenvalue weighted by atomic mass is 35.5. The maximum absolute atomic E-state index is 14.6. The maximum atomic E-state index is 14.6. The molecule has 1 unspecified atom stereocenters. The summed E-state index contributed by atoms with van der Waals surface area (Å²) in [5, 5.41) is 2.65. The van der Waals surface area contributed by atoms with Crippen LogP contribution in [0.25, 0.3) is 10.2 Å². The van der Waals surface area contributed by atoms with Gasteiger partial charge in [0.2, 0.25) is 5.28 Å². The Morgan fingerprint density at radius 1 is 1.08 bits per heavy atom. The molecule has 0 saturated heterocycles. The summed E-state index contributed by atoms with van der Waals surface area (Å²) in [6.45, 7) is 13.5. The third kappa shape index (κ3) is 7.95. The zero-order valence-electron chi connectivity index (χ0n) is 23.1. The smallest absolute Gasteiger partial charge is 0.416 e. The summed E-state index contributed by atoms with van der Waals surface area (Å²) in [4.78, 5) is 39.6. The predicted octanol–water partition coefficient (Wildman–Crippen LogP) is 6.72. The van der Waals surface area contributed by atoms with Gasteiger partial charge >= 0.3 is 12.2 Å². The lowest BCUT2D eigenvalue weighted by molar-refractivity contribution is 0.0506. The number of nitrogens with one attached hydrogen (secondary N) is 1. The fraction of sp³-hybridized carbons (Fsp3) is 0.500. The number of rotatable bonds is 6. The molecule has 0 aliphatic rings. The van der Waals surface area contributed by atoms with Crippen molar-refractivity contribution in [1.82, 2.24) is 20.3 Å². The van der Waals surface area contributed by atoms with Crippen LogP contribution in [0.1, 0.15) is 64.5 Å². The number of carbonyl (C=O) groups is 2. The fourth-order valence-electron chi connectivity index (χ4n) is 3.60. The van der Waals surface area contributed by atoms with Crippen molar-refractivity contribution in [2.45, 2.75) is 85.6 Å². The summed E-state index contributed by atoms with van der Waals surface area (Å²) in [7, 11) is 0. The van der Waals surface area contributed by atoms with Crippen molar-refractivity contribution < 1.29 is 27.8 Å². The molecule has 2 amide bonds. The zero-order chi connectivity index (χ0) is 29.3. The quantitative estimate of drug-likeness (QED) is 0.321. The minimum Gasteiger partial charge on any atom is -0.444 e. The van der Waals surface area contributed by atoms with Gasteiger partial charge in [-0.25, -0.2) is 23.4 Å². The van der Waals surface area contributed by atoms with Crippen LogP contribution in [0.4, 0.5) is 24.2 Å². The first-order chi connectivity index (χ1) is 17.9. The molecule has 1 atom stereocenters. The van der Waals surface area contributed by atoms with E-state index in [1.165, 1.54) is 11.3 Å². The van der Waals surface area contributed by atoms with E-state index in [4.69, 9.17) is 21.1 Å². The van der Waals surface area contributed by atoms with Crippen molar-refractivity contribution in [2.24, 2.45) is 0 Å². The van der Waals surface area contributed by atoms with Crippen LogP contribution in [-0.4, -0.2) is 44.4 Å². The highest BCUT2D eigenvalue weighted by Gasteiger charge is 2.30. The molecule has 0 spiro atoms. The third-order valence-electron chi connectivity index (χ3n) is 5.21. The van der Waals surface area contributed by atoms with E-state index >= 15 is 0 Å². The molecule has 9 nitrogen and oxygen atoms in total. The zero-order valence-corrected chi connectivity index (χ0v) is 24.7. The molecule has 13 heteroatoms. The number of ether oxygens (including phenoxy) is 2. The second-order valence-electron chi connectivity index (χ2n) is 11.0. The number of aromatic nitrogens is 3. The molecule has 0 fully saturated rings. The lowest BCUT2D eigenvalue weighted by Crippen LogP contribution is -2.38. The van der Waals surface area contributed by atoms with Gasteiger partial charge in [0.05, 0.1) is 29.2 Å². The van der Waals surface area contributed by atoms with Crippen molar-refractivity contribution in [3.8, 4) is 0 Å². The SMILES string of the molecule is Cc1c(CC(C)NC(=O)OC(C)(C)C)sc2c(N(Cc3c(F)cncc3F)C(=O)OC(C)(C)C)nc(Cl)nc12. The molecule has 212 valence electrons. The molecular weight excluding hydrogens is 552 g/mol. The summed E-state index contributed by atoms with van der Waals surface area (Å²) in [5.41, 5.74) is -0.693. The first kappa shape index (κ1) is 30.4. The molecule has 0 aliphatic heterocycles. The molecular formula is C26H32ClF2N5O4S. The Morgan fingerprint density at radius 2 is 1.67 bits per heavy atom. The number of carbonyl (C=O) groups excluding carboxylic acids is 2. The standard InChI is InChI=1S/C26H32ClF2N5O4S/c1-13(31-23(35)37-25(3,4)5)9-18-14(2)19-20(39-18)21(33-22(27)32-19)34(24(36)38-26(6,7)8)12-15-16(28)10-30-11-17(15)29/h10-11,13H,9,12H2,1-8H3,(H,31,35). The van der Waals surface area contributed by atoms with Gasteiger partial charge < -0.3 is 14.8 Å². The van der Waals surface area contributed by atoms with Crippen molar-refractivity contribution in [3.63, 3.8) is 0 Å². The van der Waals surface area contributed by atoms with E-state index in [2.05, 4.69) is 20.3 Å².